The van der Waals surface area contributed by atoms with E-state index >= 15 is 0 Å². The number of thiophene rings is 1. The summed E-state index contributed by atoms with van der Waals surface area (Å²) in [6.45, 7) is 4.57. The van der Waals surface area contributed by atoms with Crippen molar-refractivity contribution in [3.63, 3.8) is 0 Å². The van der Waals surface area contributed by atoms with Crippen LogP contribution < -0.4 is 10.2 Å². The first kappa shape index (κ1) is 13.9. The molecule has 0 radical (unpaired) electrons. The summed E-state index contributed by atoms with van der Waals surface area (Å²) in [5, 5.41) is 4.17. The molecule has 1 saturated heterocycles. The molecule has 5 nitrogen and oxygen atoms in total. The van der Waals surface area contributed by atoms with Crippen LogP contribution in [0.2, 0.25) is 0 Å². The number of amides is 1. The maximum absolute atomic E-state index is 11.6. The van der Waals surface area contributed by atoms with Crippen LogP contribution >= 0.6 is 11.3 Å². The quantitative estimate of drug-likeness (QED) is 0.876. The van der Waals surface area contributed by atoms with E-state index in [9.17, 15) is 4.79 Å². The van der Waals surface area contributed by atoms with Gasteiger partial charge in [-0.15, -0.1) is 11.3 Å². The van der Waals surface area contributed by atoms with E-state index in [1.165, 1.54) is 22.2 Å². The molecule has 2 aromatic rings. The Morgan fingerprint density at radius 2 is 2.23 bits per heavy atom. The van der Waals surface area contributed by atoms with Gasteiger partial charge in [0, 0.05) is 30.9 Å². The zero-order valence-corrected chi connectivity index (χ0v) is 13.6. The average Bonchev–Trinajstić information content (AvgIpc) is 2.73. The molecule has 4 rings (SSSR count). The standard InChI is InChI=1S/C16H20N4OS/c1-10-2-3-11-12(8-10)22-16-14(11)15(18-9-19-16)20-6-4-13(21)17-5-7-20/h9-10H,2-8H2,1H3,(H,17,21)/t10-/m0/s1. The van der Waals surface area contributed by atoms with Crippen molar-refractivity contribution in [1.29, 1.82) is 0 Å². The van der Waals surface area contributed by atoms with Gasteiger partial charge >= 0.3 is 0 Å². The Hall–Kier alpha value is -1.69. The van der Waals surface area contributed by atoms with Crippen molar-refractivity contribution < 1.29 is 4.79 Å². The molecule has 0 saturated carbocycles. The lowest BCUT2D eigenvalue weighted by atomic mass is 9.89. The van der Waals surface area contributed by atoms with Crippen LogP contribution in [-0.2, 0) is 17.6 Å². The molecule has 0 bridgehead atoms. The summed E-state index contributed by atoms with van der Waals surface area (Å²) in [4.78, 5) is 25.5. The molecule has 0 unspecified atom stereocenters. The van der Waals surface area contributed by atoms with Crippen LogP contribution in [0.15, 0.2) is 6.33 Å². The number of carbonyl (C=O) groups is 1. The van der Waals surface area contributed by atoms with E-state index in [0.29, 0.717) is 13.0 Å². The monoisotopic (exact) mass is 316 g/mol. The Labute approximate surface area is 133 Å². The number of hydrogen-bond donors (Lipinski definition) is 1. The van der Waals surface area contributed by atoms with Gasteiger partial charge in [0.1, 0.15) is 17.0 Å². The van der Waals surface area contributed by atoms with E-state index < -0.39 is 0 Å². The molecule has 1 atom stereocenters. The molecule has 1 aliphatic carbocycles. The maximum Gasteiger partial charge on any atom is 0.221 e. The average molecular weight is 316 g/mol. The predicted octanol–water partition coefficient (Wildman–Crippen LogP) is 2.14. The Bertz CT molecular complexity index is 726. The van der Waals surface area contributed by atoms with E-state index in [1.807, 2.05) is 11.3 Å². The normalized spacial score (nSPS) is 22.3. The van der Waals surface area contributed by atoms with Crippen LogP contribution in [0.4, 0.5) is 5.82 Å². The number of anilines is 1. The molecule has 0 spiro atoms. The molecular formula is C16H20N4OS. The first-order valence-electron chi connectivity index (χ1n) is 7.99. The zero-order chi connectivity index (χ0) is 15.1. The van der Waals surface area contributed by atoms with Gasteiger partial charge in [0.05, 0.1) is 5.39 Å². The number of nitrogens with zero attached hydrogens (tertiary/aromatic N) is 3. The lowest BCUT2D eigenvalue weighted by molar-refractivity contribution is -0.120. The fraction of sp³-hybridized carbons (Fsp3) is 0.562. The number of hydrogen-bond acceptors (Lipinski definition) is 5. The summed E-state index contributed by atoms with van der Waals surface area (Å²) in [5.41, 5.74) is 1.46. The molecule has 0 aromatic carbocycles. The smallest absolute Gasteiger partial charge is 0.221 e. The second kappa shape index (κ2) is 5.50. The first-order valence-corrected chi connectivity index (χ1v) is 8.81. The summed E-state index contributed by atoms with van der Waals surface area (Å²) in [6, 6.07) is 0. The van der Waals surface area contributed by atoms with Gasteiger partial charge in [-0.2, -0.15) is 0 Å². The highest BCUT2D eigenvalue weighted by Crippen LogP contribution is 2.40. The molecule has 2 aliphatic rings. The molecule has 116 valence electrons. The topological polar surface area (TPSA) is 58.1 Å². The van der Waals surface area contributed by atoms with Gasteiger partial charge in [-0.05, 0) is 30.7 Å². The summed E-state index contributed by atoms with van der Waals surface area (Å²) in [6.07, 6.45) is 5.74. The van der Waals surface area contributed by atoms with E-state index in [1.54, 1.807) is 6.33 Å². The maximum atomic E-state index is 11.6. The minimum atomic E-state index is 0.133. The molecule has 22 heavy (non-hydrogen) atoms. The van der Waals surface area contributed by atoms with Crippen LogP contribution in [-0.4, -0.2) is 35.5 Å². The van der Waals surface area contributed by atoms with E-state index in [-0.39, 0.29) is 5.91 Å². The zero-order valence-electron chi connectivity index (χ0n) is 12.8. The predicted molar refractivity (Wildman–Crippen MR) is 88.4 cm³/mol. The number of aromatic nitrogens is 2. The van der Waals surface area contributed by atoms with Crippen molar-refractivity contribution in [2.24, 2.45) is 5.92 Å². The number of carbonyl (C=O) groups excluding carboxylic acids is 1. The van der Waals surface area contributed by atoms with Crippen molar-refractivity contribution >= 4 is 33.3 Å². The van der Waals surface area contributed by atoms with Crippen LogP contribution in [0.25, 0.3) is 10.2 Å². The van der Waals surface area contributed by atoms with Crippen molar-refractivity contribution in [2.45, 2.75) is 32.6 Å². The van der Waals surface area contributed by atoms with Gasteiger partial charge in [-0.25, -0.2) is 9.97 Å². The third-order valence-corrected chi connectivity index (χ3v) is 5.85. The van der Waals surface area contributed by atoms with Crippen LogP contribution in [0.1, 0.15) is 30.2 Å². The highest BCUT2D eigenvalue weighted by molar-refractivity contribution is 7.19. The number of nitrogens with one attached hydrogen (secondary N) is 1. The van der Waals surface area contributed by atoms with E-state index in [2.05, 4.69) is 27.1 Å². The molecule has 6 heteroatoms. The third kappa shape index (κ3) is 2.35. The largest absolute Gasteiger partial charge is 0.354 e. The van der Waals surface area contributed by atoms with Crippen LogP contribution in [0.5, 0.6) is 0 Å². The number of aryl methyl sites for hydroxylation is 1. The third-order valence-electron chi connectivity index (χ3n) is 4.68. The summed E-state index contributed by atoms with van der Waals surface area (Å²) in [5.74, 6) is 1.92. The van der Waals surface area contributed by atoms with Gasteiger partial charge in [0.2, 0.25) is 5.91 Å². The van der Waals surface area contributed by atoms with Crippen molar-refractivity contribution in [1.82, 2.24) is 15.3 Å². The summed E-state index contributed by atoms with van der Waals surface area (Å²) >= 11 is 1.83. The Balaban J connectivity index is 1.79. The molecule has 2 aromatic heterocycles. The molecule has 1 aliphatic heterocycles. The van der Waals surface area contributed by atoms with Crippen LogP contribution in [0.3, 0.4) is 0 Å². The first-order chi connectivity index (χ1) is 10.7. The van der Waals surface area contributed by atoms with Gasteiger partial charge in [0.15, 0.2) is 0 Å². The van der Waals surface area contributed by atoms with Crippen molar-refractivity contribution in [3.8, 4) is 0 Å². The summed E-state index contributed by atoms with van der Waals surface area (Å²) in [7, 11) is 0. The minimum absolute atomic E-state index is 0.133. The highest BCUT2D eigenvalue weighted by Gasteiger charge is 2.25. The fourth-order valence-electron chi connectivity index (χ4n) is 3.48. The molecule has 1 N–H and O–H groups in total. The lowest BCUT2D eigenvalue weighted by Gasteiger charge is -2.23. The van der Waals surface area contributed by atoms with Gasteiger partial charge in [-0.1, -0.05) is 6.92 Å². The molecule has 1 fully saturated rings. The second-order valence-corrected chi connectivity index (χ2v) is 7.40. The molecule has 3 heterocycles. The highest BCUT2D eigenvalue weighted by atomic mass is 32.1. The fourth-order valence-corrected chi connectivity index (χ4v) is 4.82. The molecule has 1 amide bonds. The Morgan fingerprint density at radius 1 is 1.32 bits per heavy atom. The summed E-state index contributed by atoms with van der Waals surface area (Å²) < 4.78 is 0. The van der Waals surface area contributed by atoms with Crippen LogP contribution in [0, 0.1) is 5.92 Å². The SMILES string of the molecule is C[C@H]1CCc2c(sc3ncnc(N4CCNC(=O)CC4)c23)C1. The number of fused-ring (bicyclic) bond motifs is 3. The Morgan fingerprint density at radius 3 is 3.14 bits per heavy atom. The van der Waals surface area contributed by atoms with Gasteiger partial charge in [-0.3, -0.25) is 4.79 Å². The second-order valence-electron chi connectivity index (χ2n) is 6.32. The minimum Gasteiger partial charge on any atom is -0.354 e. The molecular weight excluding hydrogens is 296 g/mol. The van der Waals surface area contributed by atoms with E-state index in [0.717, 1.165) is 42.5 Å². The Kier molecular flexibility index (Phi) is 3.48. The lowest BCUT2D eigenvalue weighted by Crippen LogP contribution is -2.29. The van der Waals surface area contributed by atoms with E-state index in [4.69, 9.17) is 0 Å². The van der Waals surface area contributed by atoms with Crippen molar-refractivity contribution in [2.75, 3.05) is 24.5 Å². The van der Waals surface area contributed by atoms with Gasteiger partial charge < -0.3 is 10.2 Å². The van der Waals surface area contributed by atoms with Gasteiger partial charge in [0.25, 0.3) is 0 Å². The number of rotatable bonds is 1. The van der Waals surface area contributed by atoms with Crippen molar-refractivity contribution in [3.05, 3.63) is 16.8 Å².